The summed E-state index contributed by atoms with van der Waals surface area (Å²) in [4.78, 5) is 13.1. The van der Waals surface area contributed by atoms with Crippen molar-refractivity contribution < 1.29 is 18.0 Å². The maximum Gasteiger partial charge on any atom is 0.418 e. The third kappa shape index (κ3) is 3.08. The number of benzene rings is 1. The molecule has 1 aromatic rings. The Morgan fingerprint density at radius 1 is 1.32 bits per heavy atom. The van der Waals surface area contributed by atoms with E-state index >= 15 is 0 Å². The minimum atomic E-state index is -4.36. The van der Waals surface area contributed by atoms with E-state index in [0.29, 0.717) is 13.1 Å². The molecule has 1 unspecified atom stereocenters. The zero-order chi connectivity index (χ0) is 14.0. The molecule has 0 amide bonds. The molecule has 0 N–H and O–H groups in total. The van der Waals surface area contributed by atoms with Crippen molar-refractivity contribution >= 4 is 11.5 Å². The van der Waals surface area contributed by atoms with E-state index in [1.54, 1.807) is 11.0 Å². The van der Waals surface area contributed by atoms with Crippen molar-refractivity contribution in [2.45, 2.75) is 25.9 Å². The molecular formula is C14H16F3NO. The first kappa shape index (κ1) is 13.9. The molecule has 2 rings (SSSR count). The molecule has 2 nitrogen and oxygen atoms in total. The molecule has 1 atom stereocenters. The van der Waals surface area contributed by atoms with Crippen LogP contribution in [0.25, 0.3) is 0 Å². The molecule has 0 bridgehead atoms. The molecular weight excluding hydrogens is 255 g/mol. The van der Waals surface area contributed by atoms with Crippen LogP contribution in [0.3, 0.4) is 0 Å². The Hall–Kier alpha value is -1.52. The van der Waals surface area contributed by atoms with E-state index in [4.69, 9.17) is 0 Å². The van der Waals surface area contributed by atoms with Gasteiger partial charge in [-0.3, -0.25) is 4.79 Å². The Balaban J connectivity index is 2.29. The second-order valence-corrected chi connectivity index (χ2v) is 4.91. The van der Waals surface area contributed by atoms with Gasteiger partial charge in [-0.1, -0.05) is 12.1 Å². The van der Waals surface area contributed by atoms with E-state index in [0.717, 1.165) is 18.9 Å². The van der Waals surface area contributed by atoms with Crippen LogP contribution in [0.4, 0.5) is 18.9 Å². The van der Waals surface area contributed by atoms with E-state index in [9.17, 15) is 18.0 Å². The first-order valence-electron chi connectivity index (χ1n) is 6.31. The zero-order valence-electron chi connectivity index (χ0n) is 10.7. The molecule has 1 aromatic carbocycles. The van der Waals surface area contributed by atoms with Crippen LogP contribution in [-0.4, -0.2) is 18.9 Å². The number of rotatable bonds is 2. The van der Waals surface area contributed by atoms with E-state index in [-0.39, 0.29) is 17.4 Å². The predicted molar refractivity (Wildman–Crippen MR) is 67.1 cm³/mol. The molecule has 0 aliphatic carbocycles. The number of carbonyl (C=O) groups excluding carboxylic acids is 1. The molecule has 0 radical (unpaired) electrons. The number of hydrogen-bond donors (Lipinski definition) is 0. The van der Waals surface area contributed by atoms with Crippen molar-refractivity contribution in [3.63, 3.8) is 0 Å². The van der Waals surface area contributed by atoms with Gasteiger partial charge in [-0.15, -0.1) is 0 Å². The van der Waals surface area contributed by atoms with Crippen LogP contribution in [-0.2, 0) is 11.0 Å². The van der Waals surface area contributed by atoms with Crippen LogP contribution in [0, 0.1) is 5.92 Å². The van der Waals surface area contributed by atoms with Gasteiger partial charge in [0.1, 0.15) is 5.78 Å². The van der Waals surface area contributed by atoms with Crippen LogP contribution in [0.5, 0.6) is 0 Å². The highest BCUT2D eigenvalue weighted by Crippen LogP contribution is 2.37. The van der Waals surface area contributed by atoms with E-state index in [1.807, 2.05) is 0 Å². The molecule has 0 saturated carbocycles. The number of halogens is 3. The number of Topliss-reactive ketones (excluding diaryl/α,β-unsaturated/α-hetero) is 1. The Kier molecular flexibility index (Phi) is 3.83. The summed E-state index contributed by atoms with van der Waals surface area (Å²) in [6, 6.07) is 5.55. The number of para-hydroxylation sites is 1. The summed E-state index contributed by atoms with van der Waals surface area (Å²) in [5.41, 5.74) is -0.444. The van der Waals surface area contributed by atoms with E-state index < -0.39 is 11.7 Å². The Morgan fingerprint density at radius 3 is 2.63 bits per heavy atom. The molecule has 19 heavy (non-hydrogen) atoms. The van der Waals surface area contributed by atoms with E-state index in [1.165, 1.54) is 19.1 Å². The third-order valence-corrected chi connectivity index (χ3v) is 3.55. The summed E-state index contributed by atoms with van der Waals surface area (Å²) in [5, 5.41) is 0. The van der Waals surface area contributed by atoms with Crippen molar-refractivity contribution in [3.05, 3.63) is 29.8 Å². The second-order valence-electron chi connectivity index (χ2n) is 4.91. The summed E-state index contributed by atoms with van der Waals surface area (Å²) in [6.45, 7) is 2.45. The zero-order valence-corrected chi connectivity index (χ0v) is 10.7. The highest BCUT2D eigenvalue weighted by molar-refractivity contribution is 5.79. The third-order valence-electron chi connectivity index (χ3n) is 3.55. The van der Waals surface area contributed by atoms with Gasteiger partial charge in [-0.25, -0.2) is 0 Å². The first-order chi connectivity index (χ1) is 8.89. The van der Waals surface area contributed by atoms with E-state index in [2.05, 4.69) is 0 Å². The van der Waals surface area contributed by atoms with Crippen LogP contribution < -0.4 is 4.90 Å². The Morgan fingerprint density at radius 2 is 2.00 bits per heavy atom. The number of hydrogen-bond acceptors (Lipinski definition) is 2. The Bertz CT molecular complexity index is 470. The van der Waals surface area contributed by atoms with Crippen molar-refractivity contribution in [3.8, 4) is 0 Å². The number of nitrogens with zero attached hydrogens (tertiary/aromatic N) is 1. The van der Waals surface area contributed by atoms with Crippen molar-refractivity contribution in [1.82, 2.24) is 0 Å². The molecule has 0 spiro atoms. The fourth-order valence-corrected chi connectivity index (χ4v) is 2.52. The smallest absolute Gasteiger partial charge is 0.370 e. The fourth-order valence-electron chi connectivity index (χ4n) is 2.52. The van der Waals surface area contributed by atoms with Crippen molar-refractivity contribution in [1.29, 1.82) is 0 Å². The molecule has 0 aromatic heterocycles. The molecule has 5 heteroatoms. The van der Waals surface area contributed by atoms with Gasteiger partial charge in [0.05, 0.1) is 5.56 Å². The average Bonchev–Trinajstić information content (AvgIpc) is 2.38. The first-order valence-corrected chi connectivity index (χ1v) is 6.31. The number of ketones is 1. The van der Waals surface area contributed by atoms with Gasteiger partial charge in [-0.2, -0.15) is 13.2 Å². The van der Waals surface area contributed by atoms with Crippen LogP contribution in [0.2, 0.25) is 0 Å². The van der Waals surface area contributed by atoms with Gasteiger partial charge >= 0.3 is 6.18 Å². The minimum Gasteiger partial charge on any atom is -0.370 e. The fraction of sp³-hybridized carbons (Fsp3) is 0.500. The number of carbonyl (C=O) groups is 1. The molecule has 1 fully saturated rings. The number of piperidine rings is 1. The summed E-state index contributed by atoms with van der Waals surface area (Å²) in [6.07, 6.45) is -2.85. The highest BCUT2D eigenvalue weighted by Gasteiger charge is 2.35. The lowest BCUT2D eigenvalue weighted by Gasteiger charge is -2.34. The Labute approximate surface area is 110 Å². The molecule has 1 saturated heterocycles. The van der Waals surface area contributed by atoms with Crippen LogP contribution in [0.1, 0.15) is 25.3 Å². The SMILES string of the molecule is CC(=O)C1CCCN(c2ccccc2C(F)(F)F)C1. The van der Waals surface area contributed by atoms with Gasteiger partial charge in [0.25, 0.3) is 0 Å². The summed E-state index contributed by atoms with van der Waals surface area (Å²) in [7, 11) is 0. The lowest BCUT2D eigenvalue weighted by Crippen LogP contribution is -2.39. The number of alkyl halides is 3. The summed E-state index contributed by atoms with van der Waals surface area (Å²) in [5.74, 6) is -0.107. The molecule has 1 heterocycles. The number of anilines is 1. The van der Waals surface area contributed by atoms with Crippen LogP contribution in [0.15, 0.2) is 24.3 Å². The van der Waals surface area contributed by atoms with Gasteiger partial charge in [-0.05, 0) is 31.9 Å². The maximum absolute atomic E-state index is 13.0. The largest absolute Gasteiger partial charge is 0.418 e. The lowest BCUT2D eigenvalue weighted by molar-refractivity contribution is -0.137. The summed E-state index contributed by atoms with van der Waals surface area (Å²) >= 11 is 0. The quantitative estimate of drug-likeness (QED) is 0.820. The summed E-state index contributed by atoms with van der Waals surface area (Å²) < 4.78 is 38.9. The molecule has 1 aliphatic rings. The lowest BCUT2D eigenvalue weighted by atomic mass is 9.93. The maximum atomic E-state index is 13.0. The second kappa shape index (κ2) is 5.23. The van der Waals surface area contributed by atoms with Gasteiger partial charge in [0.15, 0.2) is 0 Å². The van der Waals surface area contributed by atoms with Gasteiger partial charge in [0.2, 0.25) is 0 Å². The standard InChI is InChI=1S/C14H16F3NO/c1-10(19)11-5-4-8-18(9-11)13-7-3-2-6-12(13)14(15,16)17/h2-3,6-7,11H,4-5,8-9H2,1H3. The van der Waals surface area contributed by atoms with Crippen LogP contribution >= 0.6 is 0 Å². The predicted octanol–water partition coefficient (Wildman–Crippen LogP) is 3.51. The average molecular weight is 271 g/mol. The molecule has 1 aliphatic heterocycles. The normalized spacial score (nSPS) is 20.4. The highest BCUT2D eigenvalue weighted by atomic mass is 19.4. The van der Waals surface area contributed by atoms with Crippen molar-refractivity contribution in [2.24, 2.45) is 5.92 Å². The molecule has 104 valence electrons. The minimum absolute atomic E-state index is 0.0502. The van der Waals surface area contributed by atoms with Gasteiger partial charge < -0.3 is 4.90 Å². The van der Waals surface area contributed by atoms with Gasteiger partial charge in [0, 0.05) is 24.7 Å². The monoisotopic (exact) mass is 271 g/mol. The topological polar surface area (TPSA) is 20.3 Å². The van der Waals surface area contributed by atoms with Crippen molar-refractivity contribution in [2.75, 3.05) is 18.0 Å².